The Morgan fingerprint density at radius 1 is 1.54 bits per heavy atom. The van der Waals surface area contributed by atoms with Crippen molar-refractivity contribution in [3.8, 4) is 12.3 Å². The number of hydrazine groups is 1. The van der Waals surface area contributed by atoms with Crippen LogP contribution in [0.4, 0.5) is 5.69 Å². The Hall–Kier alpha value is -1.02. The minimum absolute atomic E-state index is 0.350. The smallest absolute Gasteiger partial charge is 0.108 e. The largest absolute Gasteiger partial charge is 0.398 e. The topological polar surface area (TPSA) is 64.1 Å². The van der Waals surface area contributed by atoms with E-state index in [2.05, 4.69) is 27.3 Å². The van der Waals surface area contributed by atoms with Crippen LogP contribution in [-0.2, 0) is 0 Å². The molecule has 0 bridgehead atoms. The molecule has 0 spiro atoms. The van der Waals surface area contributed by atoms with Gasteiger partial charge < -0.3 is 5.73 Å². The van der Waals surface area contributed by atoms with Gasteiger partial charge in [0.2, 0.25) is 0 Å². The molecule has 1 rings (SSSR count). The first-order chi connectivity index (χ1) is 6.19. The van der Waals surface area contributed by atoms with Gasteiger partial charge in [-0.25, -0.2) is 5.43 Å². The molecule has 3 nitrogen and oxygen atoms in total. The molecule has 0 aliphatic heterocycles. The summed E-state index contributed by atoms with van der Waals surface area (Å²) in [7, 11) is 0. The molecule has 0 saturated carbocycles. The number of nitrogens with one attached hydrogen (secondary N) is 1. The first kappa shape index (κ1) is 10.1. The molecule has 0 heterocycles. The van der Waals surface area contributed by atoms with Crippen LogP contribution < -0.4 is 17.0 Å². The predicted molar refractivity (Wildman–Crippen MR) is 57.5 cm³/mol. The van der Waals surface area contributed by atoms with Crippen molar-refractivity contribution in [2.24, 2.45) is 5.84 Å². The lowest BCUT2D eigenvalue weighted by Crippen LogP contribution is -2.27. The zero-order valence-corrected chi connectivity index (χ0v) is 8.51. The van der Waals surface area contributed by atoms with E-state index in [0.29, 0.717) is 5.69 Å². The van der Waals surface area contributed by atoms with Gasteiger partial charge in [0.1, 0.15) is 6.04 Å². The summed E-state index contributed by atoms with van der Waals surface area (Å²) in [6.07, 6.45) is 5.27. The molecule has 13 heavy (non-hydrogen) atoms. The van der Waals surface area contributed by atoms with E-state index in [1.54, 1.807) is 6.07 Å². The fourth-order valence-electron chi connectivity index (χ4n) is 1.02. The van der Waals surface area contributed by atoms with Gasteiger partial charge in [0.25, 0.3) is 0 Å². The second-order valence-electron chi connectivity index (χ2n) is 2.54. The highest BCUT2D eigenvalue weighted by molar-refractivity contribution is 9.10. The summed E-state index contributed by atoms with van der Waals surface area (Å²) >= 11 is 3.33. The van der Waals surface area contributed by atoms with E-state index in [1.165, 1.54) is 0 Å². The van der Waals surface area contributed by atoms with Crippen molar-refractivity contribution in [3.05, 3.63) is 28.2 Å². The maximum Gasteiger partial charge on any atom is 0.108 e. The summed E-state index contributed by atoms with van der Waals surface area (Å²) in [4.78, 5) is 0. The first-order valence-corrected chi connectivity index (χ1v) is 4.45. The van der Waals surface area contributed by atoms with Crippen LogP contribution in [-0.4, -0.2) is 0 Å². The summed E-state index contributed by atoms with van der Waals surface area (Å²) in [5, 5.41) is 0. The van der Waals surface area contributed by atoms with Crippen molar-refractivity contribution in [2.75, 3.05) is 5.73 Å². The molecule has 0 fully saturated rings. The molecule has 68 valence electrons. The van der Waals surface area contributed by atoms with Crippen LogP contribution in [0.5, 0.6) is 0 Å². The van der Waals surface area contributed by atoms with E-state index >= 15 is 0 Å². The molecule has 1 unspecified atom stereocenters. The summed E-state index contributed by atoms with van der Waals surface area (Å²) in [6, 6.07) is 5.13. The molecule has 1 aromatic rings. The minimum Gasteiger partial charge on any atom is -0.398 e. The fraction of sp³-hybridized carbons (Fsp3) is 0.111. The number of hydrogen-bond acceptors (Lipinski definition) is 3. The SMILES string of the molecule is C#CC(NN)c1cc(Br)ccc1N. The molecule has 0 amide bonds. The van der Waals surface area contributed by atoms with Crippen LogP contribution in [0.2, 0.25) is 0 Å². The molecule has 5 N–H and O–H groups in total. The van der Waals surface area contributed by atoms with Crippen LogP contribution >= 0.6 is 15.9 Å². The van der Waals surface area contributed by atoms with E-state index in [4.69, 9.17) is 18.0 Å². The number of anilines is 1. The first-order valence-electron chi connectivity index (χ1n) is 3.66. The predicted octanol–water partition coefficient (Wildman–Crippen LogP) is 1.17. The van der Waals surface area contributed by atoms with Gasteiger partial charge in [-0.15, -0.1) is 6.42 Å². The molecule has 0 aliphatic carbocycles. The van der Waals surface area contributed by atoms with Gasteiger partial charge >= 0.3 is 0 Å². The number of benzene rings is 1. The lowest BCUT2D eigenvalue weighted by molar-refractivity contribution is 0.675. The van der Waals surface area contributed by atoms with E-state index in [1.807, 2.05) is 12.1 Å². The molecule has 1 atom stereocenters. The highest BCUT2D eigenvalue weighted by Crippen LogP contribution is 2.23. The second-order valence-corrected chi connectivity index (χ2v) is 3.46. The van der Waals surface area contributed by atoms with Crippen molar-refractivity contribution in [3.63, 3.8) is 0 Å². The third-order valence-corrected chi connectivity index (χ3v) is 2.19. The normalized spacial score (nSPS) is 12.1. The maximum atomic E-state index is 5.73. The molecular weight excluding hydrogens is 230 g/mol. The average Bonchev–Trinajstić information content (AvgIpc) is 2.13. The lowest BCUT2D eigenvalue weighted by atomic mass is 10.1. The summed E-state index contributed by atoms with van der Waals surface area (Å²) in [5.41, 5.74) is 9.66. The third kappa shape index (κ3) is 2.22. The minimum atomic E-state index is -0.350. The van der Waals surface area contributed by atoms with Gasteiger partial charge in [-0.05, 0) is 18.2 Å². The average molecular weight is 240 g/mol. The van der Waals surface area contributed by atoms with Crippen LogP contribution in [0, 0.1) is 12.3 Å². The maximum absolute atomic E-state index is 5.73. The fourth-order valence-corrected chi connectivity index (χ4v) is 1.40. The number of hydrogen-bond donors (Lipinski definition) is 3. The zero-order valence-electron chi connectivity index (χ0n) is 6.92. The third-order valence-electron chi connectivity index (χ3n) is 1.69. The monoisotopic (exact) mass is 239 g/mol. The van der Waals surface area contributed by atoms with Gasteiger partial charge in [0, 0.05) is 15.7 Å². The Bertz CT molecular complexity index is 343. The molecule has 1 aromatic carbocycles. The molecular formula is C9H10BrN3. The number of terminal acetylenes is 1. The Balaban J connectivity index is 3.13. The van der Waals surface area contributed by atoms with Gasteiger partial charge in [-0.1, -0.05) is 21.9 Å². The van der Waals surface area contributed by atoms with Gasteiger partial charge in [0.15, 0.2) is 0 Å². The number of nitrogen functional groups attached to an aromatic ring is 1. The molecule has 0 radical (unpaired) electrons. The van der Waals surface area contributed by atoms with Crippen LogP contribution in [0.1, 0.15) is 11.6 Å². The van der Waals surface area contributed by atoms with Crippen molar-refractivity contribution in [2.45, 2.75) is 6.04 Å². The molecule has 4 heteroatoms. The molecule has 0 saturated heterocycles. The van der Waals surface area contributed by atoms with Crippen molar-refractivity contribution >= 4 is 21.6 Å². The van der Waals surface area contributed by atoms with E-state index in [9.17, 15) is 0 Å². The molecule has 0 aliphatic rings. The standard InChI is InChI=1S/C9H10BrN3/c1-2-9(13-12)7-5-6(10)3-4-8(7)11/h1,3-5,9,13H,11-12H2. The van der Waals surface area contributed by atoms with E-state index in [-0.39, 0.29) is 6.04 Å². The Kier molecular flexibility index (Phi) is 3.32. The van der Waals surface area contributed by atoms with Crippen LogP contribution in [0.25, 0.3) is 0 Å². The zero-order chi connectivity index (χ0) is 9.84. The second kappa shape index (κ2) is 4.28. The van der Waals surface area contributed by atoms with Crippen molar-refractivity contribution < 1.29 is 0 Å². The number of rotatable bonds is 2. The number of nitrogens with two attached hydrogens (primary N) is 2. The molecule has 0 aromatic heterocycles. The van der Waals surface area contributed by atoms with Gasteiger partial charge in [-0.3, -0.25) is 5.84 Å². The highest BCUT2D eigenvalue weighted by atomic mass is 79.9. The van der Waals surface area contributed by atoms with Crippen molar-refractivity contribution in [1.29, 1.82) is 0 Å². The summed E-state index contributed by atoms with van der Waals surface area (Å²) in [5.74, 6) is 7.77. The van der Waals surface area contributed by atoms with E-state index < -0.39 is 0 Å². The highest BCUT2D eigenvalue weighted by Gasteiger charge is 2.09. The Morgan fingerprint density at radius 2 is 2.23 bits per heavy atom. The quantitative estimate of drug-likeness (QED) is 0.314. The van der Waals surface area contributed by atoms with Gasteiger partial charge in [-0.2, -0.15) is 0 Å². The Morgan fingerprint density at radius 3 is 2.77 bits per heavy atom. The van der Waals surface area contributed by atoms with Crippen molar-refractivity contribution in [1.82, 2.24) is 5.43 Å². The lowest BCUT2D eigenvalue weighted by Gasteiger charge is -2.12. The Labute approximate surface area is 85.6 Å². The van der Waals surface area contributed by atoms with Crippen LogP contribution in [0.15, 0.2) is 22.7 Å². The van der Waals surface area contributed by atoms with E-state index in [0.717, 1.165) is 10.0 Å². The summed E-state index contributed by atoms with van der Waals surface area (Å²) in [6.45, 7) is 0. The van der Waals surface area contributed by atoms with Gasteiger partial charge in [0.05, 0.1) is 0 Å². The summed E-state index contributed by atoms with van der Waals surface area (Å²) < 4.78 is 0.923. The van der Waals surface area contributed by atoms with Crippen LogP contribution in [0.3, 0.4) is 0 Å². The number of halogens is 1.